The predicted molar refractivity (Wildman–Crippen MR) is 184 cm³/mol. The third kappa shape index (κ3) is 11.6. The zero-order chi connectivity index (χ0) is 35.9. The molecule has 0 aliphatic carbocycles. The van der Waals surface area contributed by atoms with Crippen LogP contribution in [0.1, 0.15) is 85.9 Å². The lowest BCUT2D eigenvalue weighted by Gasteiger charge is -2.26. The molecule has 0 aliphatic rings. The summed E-state index contributed by atoms with van der Waals surface area (Å²) >= 11 is 1.09. The van der Waals surface area contributed by atoms with Gasteiger partial charge in [0.05, 0.1) is 4.90 Å². The maximum atomic E-state index is 13.4. The van der Waals surface area contributed by atoms with E-state index in [-0.39, 0.29) is 16.4 Å². The fraction of sp³-hybridized carbons (Fsp3) is 0.515. The van der Waals surface area contributed by atoms with Gasteiger partial charge in [-0.2, -0.15) is 4.72 Å². The highest BCUT2D eigenvalue weighted by molar-refractivity contribution is 7.89. The Bertz CT molecular complexity index is 1670. The molecule has 262 valence electrons. The maximum Gasteiger partial charge on any atom is 0.416 e. The summed E-state index contributed by atoms with van der Waals surface area (Å²) < 4.78 is 40.3. The standard InChI is InChI=1S/C33H46N6O7S2/c1-21-18-22(2)27(23(3)19-21)48(43,44)38-24(30(41)45-32(4,5)6)20-35-28(40)29-37-36-26(47-29)15-11-13-17-39(25-14-10-12-16-34-25)31(42)46-33(7,8)9/h10,12,14,16,18-19,24,38H,11,13,15,17,20H2,1-9H3,(H,35,40)/t24-/m0/s1. The van der Waals surface area contributed by atoms with Crippen molar-refractivity contribution in [3.05, 3.63) is 63.2 Å². The number of ether oxygens (including phenoxy) is 2. The van der Waals surface area contributed by atoms with Crippen molar-refractivity contribution in [1.29, 1.82) is 0 Å². The number of rotatable bonds is 13. The number of nitrogens with one attached hydrogen (secondary N) is 2. The first-order chi connectivity index (χ1) is 22.3. The highest BCUT2D eigenvalue weighted by atomic mass is 32.2. The number of nitrogens with zero attached hydrogens (tertiary/aromatic N) is 4. The van der Waals surface area contributed by atoms with Gasteiger partial charge in [0.1, 0.15) is 28.1 Å². The molecule has 2 amide bonds. The van der Waals surface area contributed by atoms with Crippen LogP contribution < -0.4 is 14.9 Å². The van der Waals surface area contributed by atoms with E-state index in [9.17, 15) is 22.8 Å². The second-order valence-corrected chi connectivity index (χ2v) is 16.1. The number of hydrogen-bond acceptors (Lipinski definition) is 11. The van der Waals surface area contributed by atoms with E-state index in [0.717, 1.165) is 16.9 Å². The number of aryl methyl sites for hydroxylation is 4. The molecule has 48 heavy (non-hydrogen) atoms. The first-order valence-corrected chi connectivity index (χ1v) is 17.9. The number of amides is 2. The number of anilines is 1. The molecule has 0 spiro atoms. The molecule has 0 bridgehead atoms. The van der Waals surface area contributed by atoms with Crippen molar-refractivity contribution < 1.29 is 32.3 Å². The Morgan fingerprint density at radius 2 is 1.58 bits per heavy atom. The lowest BCUT2D eigenvalue weighted by molar-refractivity contribution is -0.156. The lowest BCUT2D eigenvalue weighted by atomic mass is 10.1. The average molecular weight is 703 g/mol. The molecule has 3 aromatic rings. The van der Waals surface area contributed by atoms with Gasteiger partial charge < -0.3 is 14.8 Å². The normalized spacial score (nSPS) is 12.7. The summed E-state index contributed by atoms with van der Waals surface area (Å²) in [5.41, 5.74) is 0.411. The average Bonchev–Trinajstić information content (AvgIpc) is 3.42. The van der Waals surface area contributed by atoms with Crippen LogP contribution in [0.3, 0.4) is 0 Å². The van der Waals surface area contributed by atoms with Gasteiger partial charge in [-0.1, -0.05) is 35.1 Å². The minimum atomic E-state index is -4.16. The van der Waals surface area contributed by atoms with Crippen molar-refractivity contribution in [3.8, 4) is 0 Å². The summed E-state index contributed by atoms with van der Waals surface area (Å²) in [6, 6.07) is 7.39. The minimum Gasteiger partial charge on any atom is -0.459 e. The Morgan fingerprint density at radius 1 is 0.938 bits per heavy atom. The molecule has 2 heterocycles. The van der Waals surface area contributed by atoms with Gasteiger partial charge >= 0.3 is 12.1 Å². The third-order valence-electron chi connectivity index (χ3n) is 6.55. The van der Waals surface area contributed by atoms with E-state index in [2.05, 4.69) is 25.2 Å². The summed E-state index contributed by atoms with van der Waals surface area (Å²) in [5.74, 6) is -0.962. The molecular weight excluding hydrogens is 657 g/mol. The number of pyridine rings is 1. The Kier molecular flexibility index (Phi) is 12.8. The van der Waals surface area contributed by atoms with Crippen LogP contribution in [0.25, 0.3) is 0 Å². The van der Waals surface area contributed by atoms with E-state index in [1.165, 1.54) is 4.90 Å². The number of aromatic nitrogens is 3. The van der Waals surface area contributed by atoms with Crippen LogP contribution in [0.2, 0.25) is 0 Å². The van der Waals surface area contributed by atoms with Crippen molar-refractivity contribution in [3.63, 3.8) is 0 Å². The molecule has 3 rings (SSSR count). The highest BCUT2D eigenvalue weighted by Gasteiger charge is 2.32. The summed E-state index contributed by atoms with van der Waals surface area (Å²) in [6.45, 7) is 15.6. The fourth-order valence-corrected chi connectivity index (χ4v) is 7.21. The number of hydrogen-bond donors (Lipinski definition) is 2. The van der Waals surface area contributed by atoms with Crippen LogP contribution >= 0.6 is 11.3 Å². The van der Waals surface area contributed by atoms with Gasteiger partial charge in [0.2, 0.25) is 15.0 Å². The zero-order valence-corrected chi connectivity index (χ0v) is 30.7. The largest absolute Gasteiger partial charge is 0.459 e. The van der Waals surface area contributed by atoms with Gasteiger partial charge in [-0.3, -0.25) is 14.5 Å². The lowest BCUT2D eigenvalue weighted by Crippen LogP contribution is -2.50. The van der Waals surface area contributed by atoms with Crippen LogP contribution in [0, 0.1) is 20.8 Å². The molecular formula is C33H46N6O7S2. The maximum absolute atomic E-state index is 13.4. The molecule has 1 aromatic carbocycles. The quantitative estimate of drug-likeness (QED) is 0.182. The Hall–Kier alpha value is -3.95. The topological polar surface area (TPSA) is 170 Å². The first kappa shape index (κ1) is 38.5. The molecule has 13 nitrogen and oxygen atoms in total. The summed E-state index contributed by atoms with van der Waals surface area (Å²) in [6.07, 6.45) is 2.87. The summed E-state index contributed by atoms with van der Waals surface area (Å²) in [4.78, 5) is 44.8. The SMILES string of the molecule is Cc1cc(C)c(S(=O)(=O)N[C@@H](CNC(=O)c2nnc(CCCCN(C(=O)OC(C)(C)C)c3ccccn3)s2)C(=O)OC(C)(C)C)c(C)c1. The second kappa shape index (κ2) is 16.0. The first-order valence-electron chi connectivity index (χ1n) is 15.6. The molecule has 1 atom stereocenters. The van der Waals surface area contributed by atoms with Crippen molar-refractivity contribution in [2.75, 3.05) is 18.0 Å². The number of esters is 1. The molecule has 0 unspecified atom stereocenters. The predicted octanol–water partition coefficient (Wildman–Crippen LogP) is 5.04. The van der Waals surface area contributed by atoms with E-state index in [4.69, 9.17) is 9.47 Å². The Morgan fingerprint density at radius 3 is 2.17 bits per heavy atom. The summed E-state index contributed by atoms with van der Waals surface area (Å²) in [5, 5.41) is 11.4. The fourth-order valence-electron chi connectivity index (χ4n) is 4.78. The molecule has 0 saturated carbocycles. The molecule has 0 aliphatic heterocycles. The van der Waals surface area contributed by atoms with Crippen molar-refractivity contribution in [1.82, 2.24) is 25.2 Å². The molecule has 2 aromatic heterocycles. The Labute approximate surface area is 286 Å². The summed E-state index contributed by atoms with van der Waals surface area (Å²) in [7, 11) is -4.16. The van der Waals surface area contributed by atoms with Gasteiger partial charge in [-0.05, 0) is 98.4 Å². The van der Waals surface area contributed by atoms with Gasteiger partial charge in [0.25, 0.3) is 5.91 Å². The van der Waals surface area contributed by atoms with E-state index in [1.54, 1.807) is 91.9 Å². The van der Waals surface area contributed by atoms with E-state index < -0.39 is 45.2 Å². The smallest absolute Gasteiger partial charge is 0.416 e. The van der Waals surface area contributed by atoms with Crippen LogP contribution in [0.5, 0.6) is 0 Å². The van der Waals surface area contributed by atoms with Gasteiger partial charge in [-0.25, -0.2) is 18.2 Å². The van der Waals surface area contributed by atoms with Crippen molar-refractivity contribution in [2.45, 2.75) is 104 Å². The third-order valence-corrected chi connectivity index (χ3v) is 9.31. The molecule has 2 N–H and O–H groups in total. The number of carbonyl (C=O) groups excluding carboxylic acids is 3. The van der Waals surface area contributed by atoms with Crippen molar-refractivity contribution >= 4 is 45.1 Å². The second-order valence-electron chi connectivity index (χ2n) is 13.4. The van der Waals surface area contributed by atoms with Gasteiger partial charge in [0.15, 0.2) is 0 Å². The van der Waals surface area contributed by atoms with Crippen molar-refractivity contribution in [2.24, 2.45) is 0 Å². The van der Waals surface area contributed by atoms with E-state index in [1.807, 2.05) is 6.92 Å². The van der Waals surface area contributed by atoms with E-state index >= 15 is 0 Å². The molecule has 0 radical (unpaired) electrons. The monoisotopic (exact) mass is 702 g/mol. The van der Waals surface area contributed by atoms with E-state index in [0.29, 0.717) is 47.8 Å². The number of benzene rings is 1. The zero-order valence-electron chi connectivity index (χ0n) is 29.0. The van der Waals surface area contributed by atoms with Gasteiger partial charge in [-0.15, -0.1) is 10.2 Å². The highest BCUT2D eigenvalue weighted by Crippen LogP contribution is 2.23. The van der Waals surface area contributed by atoms with Crippen LogP contribution in [0.4, 0.5) is 10.6 Å². The molecule has 15 heteroatoms. The minimum absolute atomic E-state index is 0.0601. The van der Waals surface area contributed by atoms with Crippen LogP contribution in [0.15, 0.2) is 41.4 Å². The number of carbonyl (C=O) groups is 3. The number of sulfonamides is 1. The van der Waals surface area contributed by atoms with Crippen LogP contribution in [-0.2, 0) is 30.7 Å². The van der Waals surface area contributed by atoms with Gasteiger partial charge in [0, 0.05) is 25.7 Å². The Balaban J connectivity index is 1.64. The van der Waals surface area contributed by atoms with Crippen LogP contribution in [-0.4, -0.2) is 71.9 Å². The number of unbranched alkanes of at least 4 members (excludes halogenated alkanes) is 1. The molecule has 0 fully saturated rings. The molecule has 0 saturated heterocycles.